The molecule has 2 unspecified atom stereocenters. The Balaban J connectivity index is 1.53. The monoisotopic (exact) mass is 550 g/mol. The third-order valence-electron chi connectivity index (χ3n) is 7.81. The minimum atomic E-state index is -0.652. The van der Waals surface area contributed by atoms with Crippen molar-refractivity contribution in [1.82, 2.24) is 14.5 Å². The summed E-state index contributed by atoms with van der Waals surface area (Å²) >= 11 is 1.57. The second-order valence-corrected chi connectivity index (χ2v) is 11.5. The van der Waals surface area contributed by atoms with Gasteiger partial charge in [0.05, 0.1) is 17.6 Å². The number of rotatable bonds is 3. The van der Waals surface area contributed by atoms with Gasteiger partial charge in [-0.2, -0.15) is 4.98 Å². The standard InChI is InChI=1S/C29H28F2N4O3S/c1-3-5-24(37)35-18-12-20(36)13-19(35)15-33(14-18)28-22-10-16(2)25(21-7-6-17(30)11-23(21)31)27-26(22)34(29(38)32-28)8-4-9-39-27/h3,5-7,10-11,18-19H,4,8-9,12-15H2,1-2H3/b5-3+. The quantitative estimate of drug-likeness (QED) is 0.448. The van der Waals surface area contributed by atoms with E-state index in [4.69, 9.17) is 0 Å². The second kappa shape index (κ2) is 9.89. The first-order chi connectivity index (χ1) is 18.8. The predicted molar refractivity (Wildman–Crippen MR) is 147 cm³/mol. The number of anilines is 1. The van der Waals surface area contributed by atoms with E-state index in [2.05, 4.69) is 4.98 Å². The molecule has 7 nitrogen and oxygen atoms in total. The number of Topliss-reactive ketones (excluding diaryl/α,β-unsaturated/α-hetero) is 1. The van der Waals surface area contributed by atoms with Crippen molar-refractivity contribution in [2.24, 2.45) is 0 Å². The van der Waals surface area contributed by atoms with E-state index in [0.29, 0.717) is 42.1 Å². The summed E-state index contributed by atoms with van der Waals surface area (Å²) < 4.78 is 30.4. The highest BCUT2D eigenvalue weighted by Gasteiger charge is 2.43. The van der Waals surface area contributed by atoms with Crippen LogP contribution in [0.5, 0.6) is 0 Å². The number of hydrogen-bond acceptors (Lipinski definition) is 6. The lowest BCUT2D eigenvalue weighted by Gasteiger charge is -2.49. The van der Waals surface area contributed by atoms with Crippen LogP contribution in [0.25, 0.3) is 22.0 Å². The van der Waals surface area contributed by atoms with Crippen LogP contribution in [0.1, 0.15) is 31.7 Å². The van der Waals surface area contributed by atoms with Crippen LogP contribution in [0, 0.1) is 18.6 Å². The molecule has 0 radical (unpaired) electrons. The molecule has 2 fully saturated rings. The highest BCUT2D eigenvalue weighted by atomic mass is 32.2. The fourth-order valence-corrected chi connectivity index (χ4v) is 7.54. The first-order valence-corrected chi connectivity index (χ1v) is 14.1. The van der Waals surface area contributed by atoms with E-state index in [0.717, 1.165) is 34.1 Å². The number of fused-ring (bicyclic) bond motifs is 2. The number of carbonyl (C=O) groups is 2. The lowest BCUT2D eigenvalue weighted by atomic mass is 9.89. The van der Waals surface area contributed by atoms with Crippen molar-refractivity contribution >= 4 is 40.2 Å². The molecule has 1 amide bonds. The van der Waals surface area contributed by atoms with E-state index in [-0.39, 0.29) is 42.3 Å². The summed E-state index contributed by atoms with van der Waals surface area (Å²) in [5.74, 6) is -0.0170. The van der Waals surface area contributed by atoms with Gasteiger partial charge in [-0.15, -0.1) is 11.8 Å². The van der Waals surface area contributed by atoms with Gasteiger partial charge in [-0.25, -0.2) is 13.6 Å². The van der Waals surface area contributed by atoms with Crippen LogP contribution < -0.4 is 10.6 Å². The number of piperidine rings is 1. The Morgan fingerprint density at radius 1 is 1.13 bits per heavy atom. The number of hydrogen-bond donors (Lipinski definition) is 0. The van der Waals surface area contributed by atoms with Gasteiger partial charge in [0.1, 0.15) is 23.2 Å². The van der Waals surface area contributed by atoms with Crippen LogP contribution in [-0.4, -0.2) is 57.1 Å². The molecule has 202 valence electrons. The Labute approximate surface area is 228 Å². The predicted octanol–water partition coefficient (Wildman–Crippen LogP) is 4.47. The minimum absolute atomic E-state index is 0.112. The smallest absolute Gasteiger partial charge is 0.350 e. The van der Waals surface area contributed by atoms with Crippen molar-refractivity contribution in [3.8, 4) is 11.1 Å². The first kappa shape index (κ1) is 25.7. The van der Waals surface area contributed by atoms with E-state index in [1.165, 1.54) is 18.2 Å². The zero-order valence-corrected chi connectivity index (χ0v) is 22.6. The molecule has 2 bridgehead atoms. The van der Waals surface area contributed by atoms with Crippen molar-refractivity contribution in [3.63, 3.8) is 0 Å². The second-order valence-electron chi connectivity index (χ2n) is 10.4. The molecule has 3 aliphatic heterocycles. The Kier molecular flexibility index (Phi) is 6.53. The average molecular weight is 551 g/mol. The van der Waals surface area contributed by atoms with Crippen molar-refractivity contribution in [1.29, 1.82) is 0 Å². The average Bonchev–Trinajstić information content (AvgIpc) is 3.10. The summed E-state index contributed by atoms with van der Waals surface area (Å²) in [6, 6.07) is 4.88. The molecule has 3 aromatic rings. The molecule has 0 aliphatic carbocycles. The summed E-state index contributed by atoms with van der Waals surface area (Å²) in [6.07, 6.45) is 4.50. The van der Waals surface area contributed by atoms with Crippen LogP contribution in [-0.2, 0) is 16.1 Å². The molecule has 39 heavy (non-hydrogen) atoms. The molecule has 2 atom stereocenters. The van der Waals surface area contributed by atoms with Crippen LogP contribution >= 0.6 is 11.8 Å². The van der Waals surface area contributed by atoms with Crippen molar-refractivity contribution < 1.29 is 18.4 Å². The Hall–Kier alpha value is -3.53. The highest BCUT2D eigenvalue weighted by Crippen LogP contribution is 2.44. The van der Waals surface area contributed by atoms with Gasteiger partial charge in [-0.3, -0.25) is 14.2 Å². The van der Waals surface area contributed by atoms with Crippen LogP contribution in [0.4, 0.5) is 14.6 Å². The van der Waals surface area contributed by atoms with E-state index in [1.54, 1.807) is 34.2 Å². The normalized spacial score (nSPS) is 21.1. The largest absolute Gasteiger partial charge is 0.352 e. The Morgan fingerprint density at radius 2 is 1.87 bits per heavy atom. The van der Waals surface area contributed by atoms with Crippen LogP contribution in [0.2, 0.25) is 0 Å². The van der Waals surface area contributed by atoms with E-state index >= 15 is 4.39 Å². The van der Waals surface area contributed by atoms with Crippen LogP contribution in [0.3, 0.4) is 0 Å². The topological polar surface area (TPSA) is 75.5 Å². The number of piperazine rings is 1. The highest BCUT2D eigenvalue weighted by molar-refractivity contribution is 7.99. The van der Waals surface area contributed by atoms with E-state index < -0.39 is 11.6 Å². The fraction of sp³-hybridized carbons (Fsp3) is 0.379. The zero-order chi connectivity index (χ0) is 27.4. The van der Waals surface area contributed by atoms with Gasteiger partial charge in [0, 0.05) is 60.0 Å². The van der Waals surface area contributed by atoms with Crippen LogP contribution in [0.15, 0.2) is 46.1 Å². The Bertz CT molecular complexity index is 1600. The summed E-state index contributed by atoms with van der Waals surface area (Å²) in [5, 5.41) is 0.778. The van der Waals surface area contributed by atoms with Gasteiger partial charge in [0.15, 0.2) is 0 Å². The number of amides is 1. The molecule has 10 heteroatoms. The molecule has 1 aromatic heterocycles. The van der Waals surface area contributed by atoms with E-state index in [1.807, 2.05) is 17.9 Å². The summed E-state index contributed by atoms with van der Waals surface area (Å²) in [6.45, 7) is 4.93. The third-order valence-corrected chi connectivity index (χ3v) is 8.99. The third kappa shape index (κ3) is 4.34. The lowest BCUT2D eigenvalue weighted by Crippen LogP contribution is -2.64. The maximum Gasteiger partial charge on any atom is 0.350 e. The molecular formula is C29H28F2N4O3S. The summed E-state index contributed by atoms with van der Waals surface area (Å²) in [7, 11) is 0. The number of benzene rings is 2. The number of thioether (sulfide) groups is 1. The van der Waals surface area contributed by atoms with Crippen molar-refractivity contribution in [3.05, 3.63) is 64.1 Å². The number of aromatic nitrogens is 2. The SMILES string of the molecule is C/C=C/C(=O)N1C2CC(=O)CC1CN(c1nc(=O)n3c4c(c(-c5ccc(F)cc5F)c(C)cc14)SCCC3)C2. The van der Waals surface area contributed by atoms with E-state index in [9.17, 15) is 18.8 Å². The molecule has 4 heterocycles. The molecular weight excluding hydrogens is 522 g/mol. The fourth-order valence-electron chi connectivity index (χ4n) is 6.29. The minimum Gasteiger partial charge on any atom is -0.352 e. The van der Waals surface area contributed by atoms with Gasteiger partial charge in [-0.05, 0) is 55.9 Å². The lowest BCUT2D eigenvalue weighted by molar-refractivity contribution is -0.138. The maximum atomic E-state index is 15.0. The molecule has 2 aromatic carbocycles. The van der Waals surface area contributed by atoms with Gasteiger partial charge >= 0.3 is 5.69 Å². The molecule has 0 N–H and O–H groups in total. The van der Waals surface area contributed by atoms with Crippen molar-refractivity contribution in [2.75, 3.05) is 23.7 Å². The molecule has 0 spiro atoms. The maximum absolute atomic E-state index is 15.0. The number of allylic oxidation sites excluding steroid dienone is 1. The number of aryl methyl sites for hydroxylation is 2. The van der Waals surface area contributed by atoms with Gasteiger partial charge in [0.2, 0.25) is 5.91 Å². The summed E-state index contributed by atoms with van der Waals surface area (Å²) in [5.41, 5.74) is 2.06. The van der Waals surface area contributed by atoms with Gasteiger partial charge in [0.25, 0.3) is 0 Å². The molecule has 0 saturated carbocycles. The zero-order valence-electron chi connectivity index (χ0n) is 21.7. The molecule has 3 aliphatic rings. The van der Waals surface area contributed by atoms with Gasteiger partial charge < -0.3 is 9.80 Å². The van der Waals surface area contributed by atoms with Gasteiger partial charge in [-0.1, -0.05) is 6.08 Å². The number of ketones is 1. The first-order valence-electron chi connectivity index (χ1n) is 13.1. The number of carbonyl (C=O) groups excluding carboxylic acids is 2. The number of halogens is 2. The summed E-state index contributed by atoms with van der Waals surface area (Å²) in [4.78, 5) is 47.9. The number of nitrogens with zero attached hydrogens (tertiary/aromatic N) is 4. The Morgan fingerprint density at radius 3 is 2.56 bits per heavy atom. The molecule has 2 saturated heterocycles. The van der Waals surface area contributed by atoms with Crippen molar-refractivity contribution in [2.45, 2.75) is 56.6 Å². The molecule has 6 rings (SSSR count).